The molecule has 2 aliphatic rings. The van der Waals surface area contributed by atoms with Crippen LogP contribution in [0, 0.1) is 0 Å². The van der Waals surface area contributed by atoms with Gasteiger partial charge in [0, 0.05) is 32.1 Å². The molecule has 3 aromatic heterocycles. The molecule has 0 spiro atoms. The van der Waals surface area contributed by atoms with Gasteiger partial charge in [-0.2, -0.15) is 5.10 Å². The number of halogens is 1. The lowest BCUT2D eigenvalue weighted by atomic mass is 10.1. The van der Waals surface area contributed by atoms with Crippen LogP contribution in [0.2, 0.25) is 5.02 Å². The Morgan fingerprint density at radius 3 is 2.66 bits per heavy atom. The molecule has 1 aliphatic carbocycles. The summed E-state index contributed by atoms with van der Waals surface area (Å²) < 4.78 is 7.57. The first-order chi connectivity index (χ1) is 13.9. The van der Waals surface area contributed by atoms with E-state index in [-0.39, 0.29) is 18.0 Å². The molecular formula is C19H22ClN7O2. The van der Waals surface area contributed by atoms with E-state index in [2.05, 4.69) is 10.1 Å². The molecule has 2 fully saturated rings. The van der Waals surface area contributed by atoms with Crippen LogP contribution in [0.1, 0.15) is 44.4 Å². The Morgan fingerprint density at radius 2 is 2.03 bits per heavy atom. The summed E-state index contributed by atoms with van der Waals surface area (Å²) in [6.45, 7) is 5.24. The lowest BCUT2D eigenvalue weighted by Gasteiger charge is -2.16. The molecule has 0 radical (unpaired) electrons. The number of anilines is 2. The number of nitrogen functional groups attached to an aromatic ring is 1. The first-order valence-corrected chi connectivity index (χ1v) is 10.1. The van der Waals surface area contributed by atoms with E-state index in [1.54, 1.807) is 16.8 Å². The number of hydrogen-bond acceptors (Lipinski definition) is 6. The Hall–Kier alpha value is -2.81. The Kier molecular flexibility index (Phi) is 3.99. The van der Waals surface area contributed by atoms with Gasteiger partial charge < -0.3 is 15.2 Å². The number of carbonyl (C=O) groups is 1. The fourth-order valence-electron chi connectivity index (χ4n) is 3.88. The van der Waals surface area contributed by atoms with Crippen molar-refractivity contribution in [2.75, 3.05) is 30.8 Å². The summed E-state index contributed by atoms with van der Waals surface area (Å²) in [4.78, 5) is 20.4. The third kappa shape index (κ3) is 2.67. The van der Waals surface area contributed by atoms with Gasteiger partial charge in [0.05, 0.1) is 22.1 Å². The van der Waals surface area contributed by atoms with E-state index in [1.807, 2.05) is 18.5 Å². The molecule has 0 bridgehead atoms. The Balaban J connectivity index is 1.79. The highest BCUT2D eigenvalue weighted by molar-refractivity contribution is 6.35. The van der Waals surface area contributed by atoms with Crippen molar-refractivity contribution in [3.63, 3.8) is 0 Å². The minimum absolute atomic E-state index is 0.0448. The Labute approximate surface area is 172 Å². The quantitative estimate of drug-likeness (QED) is 0.697. The van der Waals surface area contributed by atoms with Gasteiger partial charge in [0.2, 0.25) is 0 Å². The summed E-state index contributed by atoms with van der Waals surface area (Å²) in [6, 6.07) is -0.0311. The van der Waals surface area contributed by atoms with E-state index in [1.165, 1.54) is 6.20 Å². The zero-order valence-electron chi connectivity index (χ0n) is 16.5. The van der Waals surface area contributed by atoms with Crippen LogP contribution in [0.15, 0.2) is 10.7 Å². The molecule has 3 aromatic rings. The maximum atomic E-state index is 12.8. The molecule has 0 atom stereocenters. The number of nitrogens with zero attached hydrogens (tertiary/aromatic N) is 6. The van der Waals surface area contributed by atoms with E-state index in [0.717, 1.165) is 18.6 Å². The van der Waals surface area contributed by atoms with Crippen LogP contribution in [-0.2, 0) is 0 Å². The highest BCUT2D eigenvalue weighted by Gasteiger charge is 2.40. The Morgan fingerprint density at radius 1 is 1.28 bits per heavy atom. The van der Waals surface area contributed by atoms with Crippen molar-refractivity contribution in [2.45, 2.75) is 38.6 Å². The second-order valence-corrected chi connectivity index (χ2v) is 8.38. The third-order valence-electron chi connectivity index (χ3n) is 5.55. The predicted molar refractivity (Wildman–Crippen MR) is 110 cm³/mol. The van der Waals surface area contributed by atoms with Gasteiger partial charge in [-0.25, -0.2) is 9.78 Å². The van der Waals surface area contributed by atoms with Gasteiger partial charge in [-0.1, -0.05) is 16.8 Å². The highest BCUT2D eigenvalue weighted by Crippen LogP contribution is 2.49. The monoisotopic (exact) mass is 415 g/mol. The van der Waals surface area contributed by atoms with Crippen molar-refractivity contribution in [1.29, 1.82) is 0 Å². The van der Waals surface area contributed by atoms with E-state index in [9.17, 15) is 4.79 Å². The van der Waals surface area contributed by atoms with Crippen molar-refractivity contribution in [3.05, 3.63) is 17.0 Å². The number of nitrogens with two attached hydrogens (primary N) is 1. The molecular weight excluding hydrogens is 394 g/mol. The van der Waals surface area contributed by atoms with Gasteiger partial charge in [0.15, 0.2) is 11.5 Å². The van der Waals surface area contributed by atoms with Crippen LogP contribution in [0.25, 0.3) is 22.3 Å². The number of rotatable bonds is 4. The van der Waals surface area contributed by atoms with Gasteiger partial charge in [-0.3, -0.25) is 9.58 Å². The number of urea groups is 1. The van der Waals surface area contributed by atoms with Crippen LogP contribution in [0.5, 0.6) is 0 Å². The number of hydrogen-bond donors (Lipinski definition) is 1. The van der Waals surface area contributed by atoms with Crippen LogP contribution in [-0.4, -0.2) is 51.0 Å². The summed E-state index contributed by atoms with van der Waals surface area (Å²) in [5.41, 5.74) is 8.68. The largest absolute Gasteiger partial charge is 0.383 e. The summed E-state index contributed by atoms with van der Waals surface area (Å²) in [6.07, 6.45) is 3.58. The second-order valence-electron chi connectivity index (χ2n) is 7.98. The zero-order chi connectivity index (χ0) is 20.4. The van der Waals surface area contributed by atoms with Crippen LogP contribution >= 0.6 is 11.6 Å². The molecule has 1 saturated carbocycles. The van der Waals surface area contributed by atoms with Gasteiger partial charge in [-0.15, -0.1) is 0 Å². The molecule has 2 amide bonds. The fraction of sp³-hybridized carbons (Fsp3) is 0.474. The number of likely N-dealkylation sites (N-methyl/N-ethyl adjacent to an activating group) is 1. The molecule has 1 aliphatic heterocycles. The van der Waals surface area contributed by atoms with Gasteiger partial charge >= 0.3 is 6.03 Å². The third-order valence-corrected chi connectivity index (χ3v) is 5.83. The molecule has 10 heteroatoms. The molecule has 152 valence electrons. The number of aromatic nitrogens is 4. The van der Waals surface area contributed by atoms with Crippen molar-refractivity contribution in [2.24, 2.45) is 0 Å². The maximum absolute atomic E-state index is 12.8. The fourth-order valence-corrected chi connectivity index (χ4v) is 4.11. The SMILES string of the molecule is CC(C)n1nc(-c2noc(C3CC3)c2N2CCN(C)C2=O)c2c(N)ncc(Cl)c21. The zero-order valence-corrected chi connectivity index (χ0v) is 17.3. The van der Waals surface area contributed by atoms with Gasteiger partial charge in [0.1, 0.15) is 17.2 Å². The lowest BCUT2D eigenvalue weighted by Crippen LogP contribution is -2.29. The molecule has 0 aromatic carbocycles. The molecule has 1 saturated heterocycles. The van der Waals surface area contributed by atoms with Crippen LogP contribution in [0.3, 0.4) is 0 Å². The average molecular weight is 416 g/mol. The standard InChI is InChI=1S/C19H22ClN7O2/c1-9(2)27-15-11(20)8-22-18(21)12(15)13(23-27)14-16(17(29-24-14)10-4-5-10)26-7-6-25(3)19(26)28/h8-10H,4-7H2,1-3H3,(H2,21,22). The van der Waals surface area contributed by atoms with Gasteiger partial charge in [-0.05, 0) is 26.7 Å². The second kappa shape index (κ2) is 6.35. The minimum atomic E-state index is -0.0759. The van der Waals surface area contributed by atoms with E-state index in [0.29, 0.717) is 51.9 Å². The number of fused-ring (bicyclic) bond motifs is 1. The predicted octanol–water partition coefficient (Wildman–Crippen LogP) is 3.65. The number of pyridine rings is 1. The molecule has 29 heavy (non-hydrogen) atoms. The van der Waals surface area contributed by atoms with Crippen molar-refractivity contribution >= 4 is 40.0 Å². The van der Waals surface area contributed by atoms with E-state index in [4.69, 9.17) is 27.0 Å². The molecule has 5 rings (SSSR count). The number of carbonyl (C=O) groups excluding carboxylic acids is 1. The first kappa shape index (κ1) is 18.2. The maximum Gasteiger partial charge on any atom is 0.324 e. The average Bonchev–Trinajstić information content (AvgIpc) is 3.17. The normalized spacial score (nSPS) is 17.3. The topological polar surface area (TPSA) is 106 Å². The van der Waals surface area contributed by atoms with Crippen molar-refractivity contribution in [1.82, 2.24) is 24.8 Å². The molecule has 9 nitrogen and oxygen atoms in total. The summed E-state index contributed by atoms with van der Waals surface area (Å²) in [5.74, 6) is 1.34. The number of amides is 2. The summed E-state index contributed by atoms with van der Waals surface area (Å²) in [5, 5.41) is 10.2. The lowest BCUT2D eigenvalue weighted by molar-refractivity contribution is 0.229. The smallest absolute Gasteiger partial charge is 0.324 e. The summed E-state index contributed by atoms with van der Waals surface area (Å²) >= 11 is 6.46. The Bertz CT molecular complexity index is 1130. The highest BCUT2D eigenvalue weighted by atomic mass is 35.5. The van der Waals surface area contributed by atoms with Crippen molar-refractivity contribution in [3.8, 4) is 11.4 Å². The molecule has 4 heterocycles. The van der Waals surface area contributed by atoms with Gasteiger partial charge in [0.25, 0.3) is 0 Å². The minimum Gasteiger partial charge on any atom is -0.383 e. The first-order valence-electron chi connectivity index (χ1n) is 9.73. The molecule has 0 unspecified atom stereocenters. The molecule has 2 N–H and O–H groups in total. The summed E-state index contributed by atoms with van der Waals surface area (Å²) in [7, 11) is 1.79. The van der Waals surface area contributed by atoms with Crippen LogP contribution in [0.4, 0.5) is 16.3 Å². The van der Waals surface area contributed by atoms with E-state index < -0.39 is 0 Å². The van der Waals surface area contributed by atoms with Crippen molar-refractivity contribution < 1.29 is 9.32 Å². The van der Waals surface area contributed by atoms with E-state index >= 15 is 0 Å². The van der Waals surface area contributed by atoms with Crippen LogP contribution < -0.4 is 10.6 Å².